The molecule has 1 amide bonds. The van der Waals surface area contributed by atoms with Gasteiger partial charge < -0.3 is 0 Å². The number of nitro groups is 1. The van der Waals surface area contributed by atoms with Gasteiger partial charge in [-0.25, -0.2) is 8.42 Å². The Morgan fingerprint density at radius 1 is 1.22 bits per heavy atom. The number of anilines is 2. The molecule has 0 bridgehead atoms. The average molecular weight is 494 g/mol. The topological polar surface area (TPSA) is 135 Å². The Kier molecular flexibility index (Phi) is 7.43. The maximum absolute atomic E-state index is 12.8. The fraction of sp³-hybridized carbons (Fsp3) is 0.211. The summed E-state index contributed by atoms with van der Waals surface area (Å²) in [5.41, 5.74) is 0.848. The minimum Gasteiger partial charge on any atom is -0.299 e. The van der Waals surface area contributed by atoms with Crippen LogP contribution in [0.15, 0.2) is 58.9 Å². The quantitative estimate of drug-likeness (QED) is 0.207. The lowest BCUT2D eigenvalue weighted by atomic mass is 10.2. The number of rotatable bonds is 9. The molecule has 1 heterocycles. The first kappa shape index (κ1) is 23.6. The number of benzene rings is 2. The fourth-order valence-corrected chi connectivity index (χ4v) is 5.68. The molecule has 32 heavy (non-hydrogen) atoms. The molecule has 1 unspecified atom stereocenters. The number of amides is 1. The van der Waals surface area contributed by atoms with Crippen molar-refractivity contribution in [2.75, 3.05) is 15.9 Å². The largest absolute Gasteiger partial charge is 0.299 e. The third-order valence-electron chi connectivity index (χ3n) is 4.23. The van der Waals surface area contributed by atoms with E-state index in [1.807, 2.05) is 30.3 Å². The highest BCUT2D eigenvalue weighted by Gasteiger charge is 2.30. The summed E-state index contributed by atoms with van der Waals surface area (Å²) in [6.45, 7) is 1.39. The molecule has 10 nitrogen and oxygen atoms in total. The van der Waals surface area contributed by atoms with E-state index in [2.05, 4.69) is 15.5 Å². The molecule has 0 spiro atoms. The van der Waals surface area contributed by atoms with E-state index in [1.165, 1.54) is 48.2 Å². The molecule has 0 fully saturated rings. The van der Waals surface area contributed by atoms with Gasteiger partial charge in [-0.05, 0) is 18.6 Å². The molecule has 168 valence electrons. The molecule has 0 aliphatic heterocycles. The number of nitrogens with one attached hydrogen (secondary N) is 1. The molecule has 3 rings (SSSR count). The van der Waals surface area contributed by atoms with Crippen LogP contribution in [0.25, 0.3) is 0 Å². The van der Waals surface area contributed by atoms with Crippen molar-refractivity contribution in [2.24, 2.45) is 0 Å². The van der Waals surface area contributed by atoms with Gasteiger partial charge in [-0.15, -0.1) is 10.2 Å². The molecule has 1 N–H and O–H groups in total. The number of carbonyl (C=O) groups excluding carboxylic acids is 1. The Morgan fingerprint density at radius 3 is 2.59 bits per heavy atom. The molecule has 0 aliphatic rings. The summed E-state index contributed by atoms with van der Waals surface area (Å²) in [6.07, 6.45) is 0.929. The summed E-state index contributed by atoms with van der Waals surface area (Å²) in [7, 11) is -3.92. The Hall–Kier alpha value is -3.03. The van der Waals surface area contributed by atoms with Gasteiger partial charge in [0.15, 0.2) is 4.34 Å². The van der Waals surface area contributed by atoms with E-state index < -0.39 is 26.9 Å². The van der Waals surface area contributed by atoms with Crippen molar-refractivity contribution in [2.45, 2.75) is 23.1 Å². The van der Waals surface area contributed by atoms with Crippen LogP contribution < -0.4 is 9.62 Å². The summed E-state index contributed by atoms with van der Waals surface area (Å²) < 4.78 is 26.2. The first-order valence-corrected chi connectivity index (χ1v) is 12.8. The van der Waals surface area contributed by atoms with Gasteiger partial charge in [0.1, 0.15) is 6.04 Å². The van der Waals surface area contributed by atoms with Crippen molar-refractivity contribution in [3.63, 3.8) is 0 Å². The van der Waals surface area contributed by atoms with E-state index >= 15 is 0 Å². The average Bonchev–Trinajstić information content (AvgIpc) is 3.19. The standard InChI is InChI=1S/C19H19N5O5S3/c1-13(23(32(2,28)29)15-9-6-10-16(11-15)24(26)27)17(25)20-18-21-22-19(31-18)30-12-14-7-4-3-5-8-14/h3-11,13H,12H2,1-2H3,(H,20,21,25). The second kappa shape index (κ2) is 10.1. The lowest BCUT2D eigenvalue weighted by molar-refractivity contribution is -0.384. The normalized spacial score (nSPS) is 12.2. The lowest BCUT2D eigenvalue weighted by Gasteiger charge is -2.27. The van der Waals surface area contributed by atoms with Gasteiger partial charge in [0.05, 0.1) is 16.9 Å². The van der Waals surface area contributed by atoms with Crippen LogP contribution in [0.4, 0.5) is 16.5 Å². The van der Waals surface area contributed by atoms with Gasteiger partial charge in [0.25, 0.3) is 5.69 Å². The molecular weight excluding hydrogens is 474 g/mol. The Morgan fingerprint density at radius 2 is 1.94 bits per heavy atom. The number of aromatic nitrogens is 2. The number of carbonyl (C=O) groups is 1. The summed E-state index contributed by atoms with van der Waals surface area (Å²) in [6, 6.07) is 13.7. The summed E-state index contributed by atoms with van der Waals surface area (Å²) in [4.78, 5) is 23.2. The number of thioether (sulfide) groups is 1. The van der Waals surface area contributed by atoms with Gasteiger partial charge in [0.2, 0.25) is 21.1 Å². The van der Waals surface area contributed by atoms with Crippen molar-refractivity contribution in [3.05, 3.63) is 70.3 Å². The van der Waals surface area contributed by atoms with E-state index in [0.29, 0.717) is 10.1 Å². The van der Waals surface area contributed by atoms with Crippen LogP contribution in [0.3, 0.4) is 0 Å². The summed E-state index contributed by atoms with van der Waals surface area (Å²) in [5.74, 6) is 0.0479. The van der Waals surface area contributed by atoms with Gasteiger partial charge in [-0.1, -0.05) is 59.5 Å². The maximum Gasteiger partial charge on any atom is 0.271 e. The van der Waals surface area contributed by atoms with Crippen LogP contribution in [0.1, 0.15) is 12.5 Å². The Balaban J connectivity index is 1.72. The van der Waals surface area contributed by atoms with Crippen molar-refractivity contribution in [1.29, 1.82) is 0 Å². The lowest BCUT2D eigenvalue weighted by Crippen LogP contribution is -2.45. The number of hydrogen-bond donors (Lipinski definition) is 1. The second-order valence-electron chi connectivity index (χ2n) is 6.65. The smallest absolute Gasteiger partial charge is 0.271 e. The van der Waals surface area contributed by atoms with E-state index in [0.717, 1.165) is 22.2 Å². The fourth-order valence-electron chi connectivity index (χ4n) is 2.80. The first-order chi connectivity index (χ1) is 15.1. The second-order valence-corrected chi connectivity index (χ2v) is 10.7. The SMILES string of the molecule is CC(C(=O)Nc1nnc(SCc2ccccc2)s1)N(c1cccc([N+](=O)[O-])c1)S(C)(=O)=O. The van der Waals surface area contributed by atoms with Crippen LogP contribution >= 0.6 is 23.1 Å². The van der Waals surface area contributed by atoms with Gasteiger partial charge >= 0.3 is 0 Å². The molecule has 3 aromatic rings. The molecule has 2 aromatic carbocycles. The predicted octanol–water partition coefficient (Wildman–Crippen LogP) is 3.53. The monoisotopic (exact) mass is 493 g/mol. The summed E-state index contributed by atoms with van der Waals surface area (Å²) in [5, 5.41) is 21.8. The third kappa shape index (κ3) is 6.02. The third-order valence-corrected chi connectivity index (χ3v) is 7.51. The van der Waals surface area contributed by atoms with Crippen LogP contribution in [0.2, 0.25) is 0 Å². The molecule has 0 aliphatic carbocycles. The minimum absolute atomic E-state index is 0.0146. The van der Waals surface area contributed by atoms with Crippen molar-refractivity contribution < 1.29 is 18.1 Å². The molecular formula is C19H19N5O5S3. The first-order valence-electron chi connectivity index (χ1n) is 9.20. The Bertz CT molecular complexity index is 1220. The van der Waals surface area contributed by atoms with Crippen LogP contribution in [-0.2, 0) is 20.6 Å². The van der Waals surface area contributed by atoms with E-state index in [9.17, 15) is 23.3 Å². The zero-order valence-corrected chi connectivity index (χ0v) is 19.5. The maximum atomic E-state index is 12.8. The molecule has 0 radical (unpaired) electrons. The molecule has 1 atom stereocenters. The molecule has 0 saturated carbocycles. The number of non-ortho nitro benzene ring substituents is 1. The predicted molar refractivity (Wildman–Crippen MR) is 124 cm³/mol. The number of nitro benzene ring substituents is 1. The van der Waals surface area contributed by atoms with Crippen molar-refractivity contribution >= 4 is 55.5 Å². The zero-order chi connectivity index (χ0) is 23.3. The minimum atomic E-state index is -3.92. The Labute approximate surface area is 192 Å². The van der Waals surface area contributed by atoms with Crippen LogP contribution in [0, 0.1) is 10.1 Å². The van der Waals surface area contributed by atoms with Crippen molar-refractivity contribution in [1.82, 2.24) is 10.2 Å². The van der Waals surface area contributed by atoms with Gasteiger partial charge in [-0.3, -0.25) is 24.5 Å². The zero-order valence-electron chi connectivity index (χ0n) is 17.0. The molecule has 1 aromatic heterocycles. The molecule has 0 saturated heterocycles. The van der Waals surface area contributed by atoms with E-state index in [1.54, 1.807) is 0 Å². The van der Waals surface area contributed by atoms with Gasteiger partial charge in [-0.2, -0.15) is 0 Å². The van der Waals surface area contributed by atoms with E-state index in [-0.39, 0.29) is 16.5 Å². The highest BCUT2D eigenvalue weighted by molar-refractivity contribution is 8.00. The molecule has 13 heteroatoms. The number of sulfonamides is 1. The van der Waals surface area contributed by atoms with E-state index in [4.69, 9.17) is 0 Å². The summed E-state index contributed by atoms with van der Waals surface area (Å²) >= 11 is 2.64. The number of hydrogen-bond acceptors (Lipinski definition) is 9. The van der Waals surface area contributed by atoms with Crippen molar-refractivity contribution in [3.8, 4) is 0 Å². The van der Waals surface area contributed by atoms with Crippen LogP contribution in [-0.4, -0.2) is 41.7 Å². The number of nitrogens with zero attached hydrogens (tertiary/aromatic N) is 4. The highest BCUT2D eigenvalue weighted by atomic mass is 32.2. The van der Waals surface area contributed by atoms with Gasteiger partial charge in [0, 0.05) is 17.9 Å². The highest BCUT2D eigenvalue weighted by Crippen LogP contribution is 2.29. The van der Waals surface area contributed by atoms with Crippen LogP contribution in [0.5, 0.6) is 0 Å².